The van der Waals surface area contributed by atoms with E-state index < -0.39 is 0 Å². The standard InChI is InChI=1S/C25H32N2OS/c1-19-6-7-20(2)24(16-19)29-23(17-27-15-14-26-18-27)13-10-21-8-11-22(12-9-21)28-25(3,4)5/h6-9,11-12,14-16,18,23H,10,13,17H2,1-5H3. The number of hydrogen-bond donors (Lipinski definition) is 0. The lowest BCUT2D eigenvalue weighted by Gasteiger charge is -2.21. The Kier molecular flexibility index (Phi) is 7.07. The normalized spacial score (nSPS) is 12.7. The summed E-state index contributed by atoms with van der Waals surface area (Å²) in [6.07, 6.45) is 7.97. The number of imidazole rings is 1. The molecule has 0 saturated carbocycles. The number of thioether (sulfide) groups is 1. The Labute approximate surface area is 179 Å². The average molecular weight is 409 g/mol. The van der Waals surface area contributed by atoms with E-state index in [0.717, 1.165) is 25.1 Å². The third-order valence-electron chi connectivity index (χ3n) is 4.71. The molecule has 3 nitrogen and oxygen atoms in total. The third-order valence-corrected chi connectivity index (χ3v) is 6.13. The highest BCUT2D eigenvalue weighted by atomic mass is 32.2. The van der Waals surface area contributed by atoms with E-state index in [0.29, 0.717) is 5.25 Å². The Balaban J connectivity index is 1.67. The van der Waals surface area contributed by atoms with E-state index in [9.17, 15) is 0 Å². The average Bonchev–Trinajstić information content (AvgIpc) is 3.16. The van der Waals surface area contributed by atoms with Crippen molar-refractivity contribution in [2.75, 3.05) is 0 Å². The molecule has 0 aliphatic carbocycles. The Morgan fingerprint density at radius 3 is 2.48 bits per heavy atom. The Morgan fingerprint density at radius 1 is 1.07 bits per heavy atom. The summed E-state index contributed by atoms with van der Waals surface area (Å²) in [5, 5.41) is 0.482. The van der Waals surface area contributed by atoms with E-state index >= 15 is 0 Å². The van der Waals surface area contributed by atoms with Gasteiger partial charge < -0.3 is 9.30 Å². The van der Waals surface area contributed by atoms with Crippen molar-refractivity contribution in [2.24, 2.45) is 0 Å². The second kappa shape index (κ2) is 9.53. The summed E-state index contributed by atoms with van der Waals surface area (Å²) in [6.45, 7) is 11.5. The van der Waals surface area contributed by atoms with Crippen LogP contribution in [0.2, 0.25) is 0 Å². The van der Waals surface area contributed by atoms with Crippen molar-refractivity contribution in [3.8, 4) is 5.75 Å². The van der Waals surface area contributed by atoms with Crippen molar-refractivity contribution >= 4 is 11.8 Å². The number of rotatable bonds is 8. The van der Waals surface area contributed by atoms with Crippen LogP contribution in [0.25, 0.3) is 0 Å². The molecule has 1 aromatic heterocycles. The van der Waals surface area contributed by atoms with Crippen molar-refractivity contribution in [3.05, 3.63) is 77.9 Å². The van der Waals surface area contributed by atoms with Crippen LogP contribution in [0.4, 0.5) is 0 Å². The minimum Gasteiger partial charge on any atom is -0.488 e. The molecule has 154 valence electrons. The first kappa shape index (κ1) is 21.5. The predicted octanol–water partition coefficient (Wildman–Crippen LogP) is 6.47. The van der Waals surface area contributed by atoms with E-state index in [1.807, 2.05) is 24.3 Å². The first-order valence-corrected chi connectivity index (χ1v) is 11.1. The van der Waals surface area contributed by atoms with Gasteiger partial charge in [-0.15, -0.1) is 11.8 Å². The van der Waals surface area contributed by atoms with Gasteiger partial charge in [-0.1, -0.05) is 29.8 Å². The Morgan fingerprint density at radius 2 is 1.83 bits per heavy atom. The van der Waals surface area contributed by atoms with E-state index in [1.54, 1.807) is 0 Å². The quantitative estimate of drug-likeness (QED) is 0.400. The van der Waals surface area contributed by atoms with Crippen molar-refractivity contribution in [1.29, 1.82) is 0 Å². The zero-order valence-corrected chi connectivity index (χ0v) is 19.0. The lowest BCUT2D eigenvalue weighted by atomic mass is 10.1. The molecule has 1 unspecified atom stereocenters. The van der Waals surface area contributed by atoms with Gasteiger partial charge in [0.15, 0.2) is 0 Å². The van der Waals surface area contributed by atoms with Crippen LogP contribution in [0.15, 0.2) is 66.1 Å². The Hall–Kier alpha value is -2.20. The summed E-state index contributed by atoms with van der Waals surface area (Å²) in [6, 6.07) is 15.3. The maximum absolute atomic E-state index is 5.94. The highest BCUT2D eigenvalue weighted by Gasteiger charge is 2.15. The van der Waals surface area contributed by atoms with E-state index in [4.69, 9.17) is 4.74 Å². The smallest absolute Gasteiger partial charge is 0.120 e. The number of nitrogens with zero attached hydrogens (tertiary/aromatic N) is 2. The van der Waals surface area contributed by atoms with Crippen LogP contribution in [0, 0.1) is 13.8 Å². The number of ether oxygens (including phenoxy) is 1. The number of benzene rings is 2. The molecule has 1 atom stereocenters. The SMILES string of the molecule is Cc1ccc(C)c(SC(CCc2ccc(OC(C)(C)C)cc2)Cn2ccnc2)c1. The summed E-state index contributed by atoms with van der Waals surface area (Å²) in [4.78, 5) is 5.59. The van der Waals surface area contributed by atoms with E-state index in [2.05, 4.69) is 92.8 Å². The van der Waals surface area contributed by atoms with Gasteiger partial charge in [-0.05, 0) is 76.8 Å². The summed E-state index contributed by atoms with van der Waals surface area (Å²) in [7, 11) is 0. The highest BCUT2D eigenvalue weighted by molar-refractivity contribution is 8.00. The number of aryl methyl sites for hydroxylation is 3. The van der Waals surface area contributed by atoms with Gasteiger partial charge in [-0.2, -0.15) is 0 Å². The molecular weight excluding hydrogens is 376 g/mol. The first-order chi connectivity index (χ1) is 13.8. The van der Waals surface area contributed by atoms with Gasteiger partial charge in [0.2, 0.25) is 0 Å². The molecule has 0 spiro atoms. The molecule has 3 rings (SSSR count). The minimum atomic E-state index is -0.167. The van der Waals surface area contributed by atoms with Crippen LogP contribution in [-0.4, -0.2) is 20.4 Å². The van der Waals surface area contributed by atoms with E-state index in [-0.39, 0.29) is 5.60 Å². The molecule has 0 bridgehead atoms. The number of aromatic nitrogens is 2. The summed E-state index contributed by atoms with van der Waals surface area (Å²) >= 11 is 1.98. The monoisotopic (exact) mass is 408 g/mol. The van der Waals surface area contributed by atoms with E-state index in [1.165, 1.54) is 21.6 Å². The fourth-order valence-electron chi connectivity index (χ4n) is 3.24. The van der Waals surface area contributed by atoms with Gasteiger partial charge in [0.1, 0.15) is 11.4 Å². The molecule has 2 aromatic carbocycles. The maximum atomic E-state index is 5.94. The molecule has 0 aliphatic rings. The molecule has 29 heavy (non-hydrogen) atoms. The van der Waals surface area contributed by atoms with Crippen molar-refractivity contribution in [1.82, 2.24) is 9.55 Å². The first-order valence-electron chi connectivity index (χ1n) is 10.3. The topological polar surface area (TPSA) is 27.1 Å². The molecular formula is C25H32N2OS. The highest BCUT2D eigenvalue weighted by Crippen LogP contribution is 2.31. The zero-order chi connectivity index (χ0) is 20.9. The Bertz CT molecular complexity index is 896. The van der Waals surface area contributed by atoms with Gasteiger partial charge in [-0.3, -0.25) is 0 Å². The number of hydrogen-bond acceptors (Lipinski definition) is 3. The second-order valence-corrected chi connectivity index (χ2v) is 10.0. The third kappa shape index (κ3) is 6.97. The molecule has 0 amide bonds. The molecule has 3 aromatic rings. The largest absolute Gasteiger partial charge is 0.488 e. The summed E-state index contributed by atoms with van der Waals surface area (Å²) in [5.41, 5.74) is 3.84. The van der Waals surface area contributed by atoms with Crippen LogP contribution in [0.5, 0.6) is 5.75 Å². The zero-order valence-electron chi connectivity index (χ0n) is 18.2. The van der Waals surface area contributed by atoms with Gasteiger partial charge in [0.25, 0.3) is 0 Å². The van der Waals surface area contributed by atoms with Crippen LogP contribution in [-0.2, 0) is 13.0 Å². The van der Waals surface area contributed by atoms with Gasteiger partial charge >= 0.3 is 0 Å². The van der Waals surface area contributed by atoms with Gasteiger partial charge in [-0.25, -0.2) is 4.98 Å². The van der Waals surface area contributed by atoms with Crippen LogP contribution < -0.4 is 4.74 Å². The molecule has 1 heterocycles. The second-order valence-electron chi connectivity index (χ2n) is 8.67. The molecule has 0 radical (unpaired) electrons. The molecule has 0 N–H and O–H groups in total. The molecule has 0 fully saturated rings. The molecule has 4 heteroatoms. The summed E-state index contributed by atoms with van der Waals surface area (Å²) in [5.74, 6) is 0.931. The van der Waals surface area contributed by atoms with Crippen molar-refractivity contribution in [2.45, 2.75) is 69.8 Å². The van der Waals surface area contributed by atoms with Crippen molar-refractivity contribution < 1.29 is 4.74 Å². The lowest BCUT2D eigenvalue weighted by molar-refractivity contribution is 0.131. The lowest BCUT2D eigenvalue weighted by Crippen LogP contribution is -2.22. The van der Waals surface area contributed by atoms with Crippen LogP contribution >= 0.6 is 11.8 Å². The molecule has 0 aliphatic heterocycles. The maximum Gasteiger partial charge on any atom is 0.120 e. The molecule has 0 saturated heterocycles. The predicted molar refractivity (Wildman–Crippen MR) is 123 cm³/mol. The fourth-order valence-corrected chi connectivity index (χ4v) is 4.59. The minimum absolute atomic E-state index is 0.167. The fraction of sp³-hybridized carbons (Fsp3) is 0.400. The summed E-state index contributed by atoms with van der Waals surface area (Å²) < 4.78 is 8.12. The van der Waals surface area contributed by atoms with Crippen LogP contribution in [0.3, 0.4) is 0 Å². The van der Waals surface area contributed by atoms with Crippen molar-refractivity contribution in [3.63, 3.8) is 0 Å². The van der Waals surface area contributed by atoms with Gasteiger partial charge in [0, 0.05) is 29.1 Å². The van der Waals surface area contributed by atoms with Crippen LogP contribution in [0.1, 0.15) is 43.9 Å². The van der Waals surface area contributed by atoms with Gasteiger partial charge in [0.05, 0.1) is 6.33 Å².